The van der Waals surface area contributed by atoms with Crippen molar-refractivity contribution in [1.29, 1.82) is 0 Å². The molecule has 3 aromatic rings. The first-order chi connectivity index (χ1) is 13.5. The number of hydrogen-bond acceptors (Lipinski definition) is 5. The van der Waals surface area contributed by atoms with Gasteiger partial charge in [0, 0.05) is 31.3 Å². The molecule has 0 atom stereocenters. The second kappa shape index (κ2) is 7.61. The highest BCUT2D eigenvalue weighted by Gasteiger charge is 2.23. The van der Waals surface area contributed by atoms with E-state index in [9.17, 15) is 13.2 Å². The number of carbonyl (C=O) groups is 1. The minimum absolute atomic E-state index is 0.126. The standard InChI is InChI=1S/C21H25N3O4S/c1-12(2)21-23-17-11-16(7-8-18(17)28-21)22-20(25)15-9-13(3)14(4)19(10-15)29(26,27)24(5)6/h7-12H,1-6H3,(H,22,25). The van der Waals surface area contributed by atoms with Crippen LogP contribution in [0, 0.1) is 13.8 Å². The fourth-order valence-electron chi connectivity index (χ4n) is 2.90. The van der Waals surface area contributed by atoms with Crippen LogP contribution in [-0.4, -0.2) is 37.7 Å². The van der Waals surface area contributed by atoms with Gasteiger partial charge >= 0.3 is 0 Å². The lowest BCUT2D eigenvalue weighted by molar-refractivity contribution is 0.102. The van der Waals surface area contributed by atoms with Crippen molar-refractivity contribution in [3.05, 3.63) is 52.9 Å². The molecule has 0 saturated heterocycles. The third-order valence-electron chi connectivity index (χ3n) is 4.80. The third-order valence-corrected chi connectivity index (χ3v) is 6.74. The zero-order valence-electron chi connectivity index (χ0n) is 17.4. The van der Waals surface area contributed by atoms with Crippen LogP contribution in [0.3, 0.4) is 0 Å². The van der Waals surface area contributed by atoms with E-state index >= 15 is 0 Å². The van der Waals surface area contributed by atoms with Gasteiger partial charge in [0.05, 0.1) is 4.90 Å². The summed E-state index contributed by atoms with van der Waals surface area (Å²) in [6, 6.07) is 8.32. The maximum absolute atomic E-state index is 12.8. The van der Waals surface area contributed by atoms with Crippen molar-refractivity contribution in [2.24, 2.45) is 0 Å². The lowest BCUT2D eigenvalue weighted by atomic mass is 10.1. The van der Waals surface area contributed by atoms with Crippen molar-refractivity contribution in [3.8, 4) is 0 Å². The second-order valence-corrected chi connectivity index (χ2v) is 9.67. The summed E-state index contributed by atoms with van der Waals surface area (Å²) in [5.41, 5.74) is 3.49. The normalized spacial score (nSPS) is 12.1. The highest BCUT2D eigenvalue weighted by atomic mass is 32.2. The van der Waals surface area contributed by atoms with E-state index in [2.05, 4.69) is 10.3 Å². The Kier molecular flexibility index (Phi) is 5.51. The molecule has 2 aromatic carbocycles. The summed E-state index contributed by atoms with van der Waals surface area (Å²) in [4.78, 5) is 17.4. The van der Waals surface area contributed by atoms with E-state index in [1.165, 1.54) is 20.2 Å². The smallest absolute Gasteiger partial charge is 0.255 e. The van der Waals surface area contributed by atoms with Gasteiger partial charge in [-0.3, -0.25) is 4.79 Å². The molecule has 0 aliphatic heterocycles. The molecule has 0 unspecified atom stereocenters. The summed E-state index contributed by atoms with van der Waals surface area (Å²) in [5, 5.41) is 2.81. The van der Waals surface area contributed by atoms with Crippen molar-refractivity contribution in [2.75, 3.05) is 19.4 Å². The predicted octanol–water partition coefficient (Wildman–Crippen LogP) is 4.07. The van der Waals surface area contributed by atoms with Gasteiger partial charge in [-0.2, -0.15) is 0 Å². The molecular weight excluding hydrogens is 390 g/mol. The first-order valence-electron chi connectivity index (χ1n) is 9.26. The number of oxazole rings is 1. The Bertz CT molecular complexity index is 1190. The molecule has 29 heavy (non-hydrogen) atoms. The Hall–Kier alpha value is -2.71. The summed E-state index contributed by atoms with van der Waals surface area (Å²) in [7, 11) is -0.727. The van der Waals surface area contributed by atoms with Gasteiger partial charge in [-0.15, -0.1) is 0 Å². The van der Waals surface area contributed by atoms with Gasteiger partial charge in [0.2, 0.25) is 10.0 Å². The number of nitrogens with one attached hydrogen (secondary N) is 1. The molecule has 0 radical (unpaired) electrons. The van der Waals surface area contributed by atoms with E-state index in [1.807, 2.05) is 13.8 Å². The van der Waals surface area contributed by atoms with E-state index in [0.29, 0.717) is 28.2 Å². The number of nitrogens with zero attached hydrogens (tertiary/aromatic N) is 2. The molecular formula is C21H25N3O4S. The lowest BCUT2D eigenvalue weighted by Crippen LogP contribution is -2.24. The van der Waals surface area contributed by atoms with Crippen LogP contribution in [0.25, 0.3) is 11.1 Å². The first kappa shape index (κ1) is 21.0. The molecule has 0 fully saturated rings. The highest BCUT2D eigenvalue weighted by molar-refractivity contribution is 7.89. The van der Waals surface area contributed by atoms with Crippen molar-refractivity contribution in [1.82, 2.24) is 9.29 Å². The number of anilines is 1. The van der Waals surface area contributed by atoms with Crippen LogP contribution in [0.4, 0.5) is 5.69 Å². The van der Waals surface area contributed by atoms with Crippen LogP contribution in [0.5, 0.6) is 0 Å². The number of rotatable bonds is 5. The number of amides is 1. The van der Waals surface area contributed by atoms with Crippen LogP contribution < -0.4 is 5.32 Å². The minimum Gasteiger partial charge on any atom is -0.440 e. The van der Waals surface area contributed by atoms with E-state index in [0.717, 1.165) is 9.87 Å². The van der Waals surface area contributed by atoms with E-state index in [1.54, 1.807) is 38.1 Å². The number of aryl methyl sites for hydroxylation is 1. The molecule has 0 saturated carbocycles. The van der Waals surface area contributed by atoms with Gasteiger partial charge in [-0.25, -0.2) is 17.7 Å². The molecule has 3 rings (SSSR count). The quantitative estimate of drug-likeness (QED) is 0.678. The number of fused-ring (bicyclic) bond motifs is 1. The molecule has 0 spiro atoms. The topological polar surface area (TPSA) is 92.5 Å². The molecule has 1 amide bonds. The average molecular weight is 416 g/mol. The zero-order valence-corrected chi connectivity index (χ0v) is 18.2. The van der Waals surface area contributed by atoms with Crippen molar-refractivity contribution in [3.63, 3.8) is 0 Å². The Morgan fingerprint density at radius 2 is 1.83 bits per heavy atom. The van der Waals surface area contributed by atoms with Crippen LogP contribution in [0.1, 0.15) is 47.1 Å². The van der Waals surface area contributed by atoms with Crippen molar-refractivity contribution < 1.29 is 17.6 Å². The zero-order chi connectivity index (χ0) is 21.5. The molecule has 0 aliphatic carbocycles. The number of sulfonamides is 1. The Morgan fingerprint density at radius 1 is 1.14 bits per heavy atom. The summed E-state index contributed by atoms with van der Waals surface area (Å²) in [6.07, 6.45) is 0. The molecule has 8 heteroatoms. The molecule has 0 bridgehead atoms. The van der Waals surface area contributed by atoms with Gasteiger partial charge in [-0.05, 0) is 55.3 Å². The fraction of sp³-hybridized carbons (Fsp3) is 0.333. The summed E-state index contributed by atoms with van der Waals surface area (Å²) >= 11 is 0. The van der Waals surface area contributed by atoms with Crippen molar-refractivity contribution in [2.45, 2.75) is 38.5 Å². The summed E-state index contributed by atoms with van der Waals surface area (Å²) in [6.45, 7) is 7.51. The maximum Gasteiger partial charge on any atom is 0.255 e. The molecule has 1 aromatic heterocycles. The van der Waals surface area contributed by atoms with Gasteiger partial charge in [0.1, 0.15) is 5.52 Å². The molecule has 1 heterocycles. The van der Waals surface area contributed by atoms with Crippen molar-refractivity contribution >= 4 is 32.7 Å². The summed E-state index contributed by atoms with van der Waals surface area (Å²) < 4.78 is 32.1. The van der Waals surface area contributed by atoms with Gasteiger partial charge in [0.25, 0.3) is 5.91 Å². The van der Waals surface area contributed by atoms with Crippen LogP contribution in [0.15, 0.2) is 39.6 Å². The van der Waals surface area contributed by atoms with E-state index in [-0.39, 0.29) is 16.4 Å². The SMILES string of the molecule is Cc1cc(C(=O)Nc2ccc3oc(C(C)C)nc3c2)cc(S(=O)(=O)N(C)C)c1C. The number of aromatic nitrogens is 1. The molecule has 0 aliphatic rings. The Balaban J connectivity index is 1.95. The fourth-order valence-corrected chi connectivity index (χ4v) is 4.11. The minimum atomic E-state index is -3.66. The molecule has 1 N–H and O–H groups in total. The van der Waals surface area contributed by atoms with Crippen LogP contribution >= 0.6 is 0 Å². The van der Waals surface area contributed by atoms with Gasteiger partial charge in [-0.1, -0.05) is 13.8 Å². The number of hydrogen-bond donors (Lipinski definition) is 1. The Labute approximate surface area is 170 Å². The number of benzene rings is 2. The first-order valence-corrected chi connectivity index (χ1v) is 10.7. The Morgan fingerprint density at radius 3 is 2.45 bits per heavy atom. The van der Waals surface area contributed by atoms with Crippen LogP contribution in [-0.2, 0) is 10.0 Å². The van der Waals surface area contributed by atoms with E-state index in [4.69, 9.17) is 4.42 Å². The largest absolute Gasteiger partial charge is 0.440 e. The number of carbonyl (C=O) groups excluding carboxylic acids is 1. The highest BCUT2D eigenvalue weighted by Crippen LogP contribution is 2.26. The lowest BCUT2D eigenvalue weighted by Gasteiger charge is -2.16. The second-order valence-electron chi connectivity index (χ2n) is 7.55. The predicted molar refractivity (Wildman–Crippen MR) is 113 cm³/mol. The third kappa shape index (κ3) is 4.04. The molecule has 7 nitrogen and oxygen atoms in total. The van der Waals surface area contributed by atoms with Gasteiger partial charge in [0.15, 0.2) is 11.5 Å². The monoisotopic (exact) mass is 415 g/mol. The average Bonchev–Trinajstić information content (AvgIpc) is 3.07. The summed E-state index contributed by atoms with van der Waals surface area (Å²) in [5.74, 6) is 0.402. The van der Waals surface area contributed by atoms with Crippen LogP contribution in [0.2, 0.25) is 0 Å². The maximum atomic E-state index is 12.8. The molecule has 154 valence electrons. The van der Waals surface area contributed by atoms with E-state index < -0.39 is 15.9 Å². The van der Waals surface area contributed by atoms with Gasteiger partial charge < -0.3 is 9.73 Å².